The van der Waals surface area contributed by atoms with E-state index in [2.05, 4.69) is 48.2 Å². The predicted molar refractivity (Wildman–Crippen MR) is 109 cm³/mol. The molecule has 0 aliphatic rings. The van der Waals surface area contributed by atoms with Gasteiger partial charge in [0.05, 0.1) is 0 Å². The second kappa shape index (κ2) is 6.94. The summed E-state index contributed by atoms with van der Waals surface area (Å²) < 4.78 is 7.62. The lowest BCUT2D eigenvalue weighted by atomic mass is 9.87. The highest BCUT2D eigenvalue weighted by molar-refractivity contribution is 7.16. The minimum absolute atomic E-state index is 0.128. The Hall–Kier alpha value is -2.44. The molecule has 0 fully saturated rings. The first-order valence-corrected chi connectivity index (χ1v) is 9.80. The number of benzene rings is 2. The van der Waals surface area contributed by atoms with Gasteiger partial charge in [-0.05, 0) is 35.2 Å². The van der Waals surface area contributed by atoms with Crippen molar-refractivity contribution in [3.8, 4) is 17.1 Å². The molecule has 0 unspecified atom stereocenters. The smallest absolute Gasteiger partial charge is 0.235 e. The predicted octanol–water partition coefficient (Wildman–Crippen LogP) is 5.38. The van der Waals surface area contributed by atoms with Crippen LogP contribution in [0.1, 0.15) is 31.3 Å². The van der Waals surface area contributed by atoms with Gasteiger partial charge in [0.1, 0.15) is 12.4 Å². The summed E-state index contributed by atoms with van der Waals surface area (Å²) in [6.07, 6.45) is 0. The van der Waals surface area contributed by atoms with Gasteiger partial charge < -0.3 is 4.74 Å². The lowest BCUT2D eigenvalue weighted by Gasteiger charge is -2.19. The summed E-state index contributed by atoms with van der Waals surface area (Å²) in [5, 5.41) is 14.5. The van der Waals surface area contributed by atoms with Gasteiger partial charge in [0, 0.05) is 10.6 Å². The van der Waals surface area contributed by atoms with Gasteiger partial charge in [0.15, 0.2) is 10.8 Å². The number of nitrogens with zero attached hydrogens (tertiary/aromatic N) is 4. The molecule has 4 aromatic rings. The number of hydrogen-bond acceptors (Lipinski definition) is 5. The maximum atomic E-state index is 6.08. The van der Waals surface area contributed by atoms with Gasteiger partial charge in [-0.2, -0.15) is 9.61 Å². The molecule has 0 atom stereocenters. The Bertz CT molecular complexity index is 1080. The van der Waals surface area contributed by atoms with Crippen LogP contribution in [0, 0.1) is 0 Å². The van der Waals surface area contributed by atoms with Crippen molar-refractivity contribution in [3.63, 3.8) is 0 Å². The number of fused-ring (bicyclic) bond motifs is 1. The van der Waals surface area contributed by atoms with E-state index in [1.807, 2.05) is 36.4 Å². The van der Waals surface area contributed by atoms with Gasteiger partial charge in [-0.3, -0.25) is 0 Å². The van der Waals surface area contributed by atoms with Crippen LogP contribution in [0.25, 0.3) is 16.3 Å². The summed E-state index contributed by atoms with van der Waals surface area (Å²) in [6, 6.07) is 15.7. The lowest BCUT2D eigenvalue weighted by molar-refractivity contribution is 0.304. The van der Waals surface area contributed by atoms with Gasteiger partial charge in [0.2, 0.25) is 4.96 Å². The van der Waals surface area contributed by atoms with Crippen molar-refractivity contribution in [2.75, 3.05) is 0 Å². The third-order valence-electron chi connectivity index (χ3n) is 4.20. The molecule has 0 N–H and O–H groups in total. The molecule has 0 amide bonds. The van der Waals surface area contributed by atoms with E-state index in [4.69, 9.17) is 16.3 Å². The summed E-state index contributed by atoms with van der Waals surface area (Å²) >= 11 is 7.54. The first-order valence-electron chi connectivity index (χ1n) is 8.60. The van der Waals surface area contributed by atoms with Crippen molar-refractivity contribution in [1.29, 1.82) is 0 Å². The monoisotopic (exact) mass is 398 g/mol. The molecule has 0 saturated carbocycles. The van der Waals surface area contributed by atoms with Crippen molar-refractivity contribution in [2.45, 2.75) is 32.8 Å². The zero-order chi connectivity index (χ0) is 19.0. The number of aromatic nitrogens is 4. The van der Waals surface area contributed by atoms with Crippen LogP contribution in [0.3, 0.4) is 0 Å². The van der Waals surface area contributed by atoms with Gasteiger partial charge in [-0.1, -0.05) is 68.0 Å². The third-order valence-corrected chi connectivity index (χ3v) is 5.31. The maximum absolute atomic E-state index is 6.08. The van der Waals surface area contributed by atoms with Crippen LogP contribution in [0.4, 0.5) is 0 Å². The van der Waals surface area contributed by atoms with Gasteiger partial charge in [0.25, 0.3) is 0 Å². The van der Waals surface area contributed by atoms with Crippen LogP contribution < -0.4 is 4.74 Å². The quantitative estimate of drug-likeness (QED) is 0.463. The van der Waals surface area contributed by atoms with Crippen LogP contribution in [0.15, 0.2) is 48.5 Å². The van der Waals surface area contributed by atoms with Crippen molar-refractivity contribution in [1.82, 2.24) is 19.8 Å². The second-order valence-electron chi connectivity index (χ2n) is 7.29. The molecule has 0 bridgehead atoms. The maximum Gasteiger partial charge on any atom is 0.235 e. The molecule has 27 heavy (non-hydrogen) atoms. The average Bonchev–Trinajstić information content (AvgIpc) is 3.19. The van der Waals surface area contributed by atoms with E-state index < -0.39 is 0 Å². The van der Waals surface area contributed by atoms with Crippen LogP contribution in [-0.2, 0) is 12.0 Å². The van der Waals surface area contributed by atoms with Gasteiger partial charge in [-0.25, -0.2) is 0 Å². The van der Waals surface area contributed by atoms with E-state index in [1.54, 1.807) is 4.52 Å². The van der Waals surface area contributed by atoms with E-state index in [9.17, 15) is 0 Å². The third kappa shape index (κ3) is 3.82. The Balaban J connectivity index is 1.52. The number of ether oxygens (including phenoxy) is 1. The van der Waals surface area contributed by atoms with Crippen LogP contribution in [0.5, 0.6) is 5.75 Å². The Morgan fingerprint density at radius 2 is 1.85 bits per heavy atom. The first kappa shape index (κ1) is 17.9. The van der Waals surface area contributed by atoms with E-state index in [1.165, 1.54) is 16.9 Å². The molecular formula is C20H19ClN4OS. The fourth-order valence-corrected chi connectivity index (χ4v) is 3.66. The molecular weight excluding hydrogens is 380 g/mol. The topological polar surface area (TPSA) is 52.3 Å². The number of hydrogen-bond donors (Lipinski definition) is 0. The molecule has 0 saturated heterocycles. The first-order chi connectivity index (χ1) is 12.9. The molecule has 4 rings (SSSR count). The molecule has 0 aliphatic heterocycles. The Morgan fingerprint density at radius 3 is 2.56 bits per heavy atom. The molecule has 0 radical (unpaired) electrons. The van der Waals surface area contributed by atoms with E-state index in [-0.39, 0.29) is 5.41 Å². The fraction of sp³-hybridized carbons (Fsp3) is 0.250. The van der Waals surface area contributed by atoms with Crippen molar-refractivity contribution < 1.29 is 4.74 Å². The van der Waals surface area contributed by atoms with Crippen molar-refractivity contribution in [3.05, 3.63) is 64.1 Å². The molecule has 5 nitrogen and oxygen atoms in total. The average molecular weight is 399 g/mol. The van der Waals surface area contributed by atoms with Gasteiger partial charge >= 0.3 is 0 Å². The zero-order valence-corrected chi connectivity index (χ0v) is 16.9. The van der Waals surface area contributed by atoms with Crippen LogP contribution in [0.2, 0.25) is 5.02 Å². The van der Waals surface area contributed by atoms with E-state index in [0.29, 0.717) is 17.5 Å². The summed E-state index contributed by atoms with van der Waals surface area (Å²) in [4.78, 5) is 0.728. The minimum atomic E-state index is 0.128. The Morgan fingerprint density at radius 1 is 1.07 bits per heavy atom. The summed E-state index contributed by atoms with van der Waals surface area (Å²) in [5.41, 5.74) is 2.29. The van der Waals surface area contributed by atoms with Gasteiger partial charge in [-0.15, -0.1) is 10.2 Å². The highest BCUT2D eigenvalue weighted by atomic mass is 35.5. The summed E-state index contributed by atoms with van der Waals surface area (Å²) in [5.74, 6) is 1.49. The molecule has 2 heterocycles. The molecule has 0 spiro atoms. The summed E-state index contributed by atoms with van der Waals surface area (Å²) in [6.45, 7) is 6.97. The normalized spacial score (nSPS) is 11.9. The molecule has 0 aliphatic carbocycles. The number of rotatable bonds is 4. The molecule has 138 valence electrons. The lowest BCUT2D eigenvalue weighted by Crippen LogP contribution is -2.10. The van der Waals surface area contributed by atoms with E-state index in [0.717, 1.165) is 21.3 Å². The van der Waals surface area contributed by atoms with Crippen LogP contribution >= 0.6 is 22.9 Å². The largest absolute Gasteiger partial charge is 0.486 e. The standard InChI is InChI=1S/C20H19ClN4OS/c1-20(2,3)14-7-9-16(10-8-14)26-12-17-24-25-18(22-23-19(25)27-17)13-5-4-6-15(21)11-13/h4-11H,12H2,1-3H3. The van der Waals surface area contributed by atoms with Crippen LogP contribution in [-0.4, -0.2) is 19.8 Å². The minimum Gasteiger partial charge on any atom is -0.486 e. The van der Waals surface area contributed by atoms with Crippen molar-refractivity contribution in [2.24, 2.45) is 0 Å². The number of halogens is 1. The molecule has 2 aromatic carbocycles. The molecule has 2 aromatic heterocycles. The summed E-state index contributed by atoms with van der Waals surface area (Å²) in [7, 11) is 0. The zero-order valence-electron chi connectivity index (χ0n) is 15.3. The fourth-order valence-electron chi connectivity index (χ4n) is 2.72. The Kier molecular flexibility index (Phi) is 4.61. The van der Waals surface area contributed by atoms with E-state index >= 15 is 0 Å². The highest BCUT2D eigenvalue weighted by Crippen LogP contribution is 2.26. The SMILES string of the molecule is CC(C)(C)c1ccc(OCc2nn3c(-c4cccc(Cl)c4)nnc3s2)cc1. The highest BCUT2D eigenvalue weighted by Gasteiger charge is 2.15. The molecule has 7 heteroatoms. The Labute approximate surface area is 166 Å². The second-order valence-corrected chi connectivity index (χ2v) is 8.76. The van der Waals surface area contributed by atoms with Crippen molar-refractivity contribution >= 4 is 27.9 Å².